The molecule has 0 aliphatic heterocycles. The van der Waals surface area contributed by atoms with Crippen molar-refractivity contribution in [1.82, 2.24) is 15.0 Å². The number of aromatic nitrogens is 3. The molecule has 6 heteroatoms. The lowest BCUT2D eigenvalue weighted by molar-refractivity contribution is 0.746. The van der Waals surface area contributed by atoms with Gasteiger partial charge in [0.25, 0.3) is 0 Å². The quantitative estimate of drug-likeness (QED) is 0.707. The van der Waals surface area contributed by atoms with Crippen LogP contribution in [0.4, 0.5) is 11.9 Å². The van der Waals surface area contributed by atoms with E-state index in [1.54, 1.807) is 0 Å². The third kappa shape index (κ3) is 6.02. The van der Waals surface area contributed by atoms with Gasteiger partial charge < -0.3 is 10.2 Å². The Labute approximate surface area is 143 Å². The van der Waals surface area contributed by atoms with Crippen LogP contribution in [-0.2, 0) is 6.42 Å². The molecule has 1 aromatic heterocycles. The second kappa shape index (κ2) is 9.30. The molecule has 2 aromatic rings. The van der Waals surface area contributed by atoms with Gasteiger partial charge in [0.15, 0.2) is 0 Å². The molecule has 1 aromatic carbocycles. The Kier molecular flexibility index (Phi) is 7.07. The maximum Gasteiger partial charge on any atom is 0.231 e. The van der Waals surface area contributed by atoms with Crippen LogP contribution in [0.2, 0.25) is 5.28 Å². The Balaban J connectivity index is 1.86. The minimum atomic E-state index is 0.226. The highest BCUT2D eigenvalue weighted by molar-refractivity contribution is 6.28. The fourth-order valence-electron chi connectivity index (χ4n) is 2.22. The monoisotopic (exact) mass is 333 g/mol. The van der Waals surface area contributed by atoms with Gasteiger partial charge in [-0.1, -0.05) is 43.7 Å². The molecule has 0 spiro atoms. The van der Waals surface area contributed by atoms with Crippen LogP contribution in [0, 0.1) is 0 Å². The molecule has 0 atom stereocenters. The standard InChI is InChI=1S/C17H24ClN5/c1-3-4-13-23(2)17-21-15(18)20-16(22-17)19-12-8-11-14-9-6-5-7-10-14/h5-7,9-10H,3-4,8,11-13H2,1-2H3,(H,19,20,21,22). The van der Waals surface area contributed by atoms with Gasteiger partial charge in [-0.05, 0) is 36.4 Å². The fraction of sp³-hybridized carbons (Fsp3) is 0.471. The smallest absolute Gasteiger partial charge is 0.231 e. The van der Waals surface area contributed by atoms with Crippen molar-refractivity contribution in [2.75, 3.05) is 30.4 Å². The topological polar surface area (TPSA) is 53.9 Å². The number of hydrogen-bond acceptors (Lipinski definition) is 5. The molecule has 124 valence electrons. The molecular formula is C17H24ClN5. The number of rotatable bonds is 9. The van der Waals surface area contributed by atoms with E-state index in [1.165, 1.54) is 5.56 Å². The minimum absolute atomic E-state index is 0.226. The molecule has 0 fully saturated rings. The first kappa shape index (κ1) is 17.5. The molecule has 0 aliphatic rings. The molecular weight excluding hydrogens is 310 g/mol. The van der Waals surface area contributed by atoms with Crippen LogP contribution < -0.4 is 10.2 Å². The number of benzene rings is 1. The molecule has 5 nitrogen and oxygen atoms in total. The predicted octanol–water partition coefficient (Wildman–Crippen LogP) is 3.81. The highest BCUT2D eigenvalue weighted by Crippen LogP contribution is 2.13. The van der Waals surface area contributed by atoms with Crippen molar-refractivity contribution >= 4 is 23.5 Å². The van der Waals surface area contributed by atoms with Crippen molar-refractivity contribution in [3.8, 4) is 0 Å². The van der Waals surface area contributed by atoms with Gasteiger partial charge in [-0.25, -0.2) is 0 Å². The lowest BCUT2D eigenvalue weighted by atomic mass is 10.1. The van der Waals surface area contributed by atoms with Gasteiger partial charge >= 0.3 is 0 Å². The number of hydrogen-bond donors (Lipinski definition) is 1. The maximum absolute atomic E-state index is 6.01. The van der Waals surface area contributed by atoms with Crippen LogP contribution in [-0.4, -0.2) is 35.1 Å². The summed E-state index contributed by atoms with van der Waals surface area (Å²) in [6.07, 6.45) is 4.26. The van der Waals surface area contributed by atoms with Gasteiger partial charge in [0.2, 0.25) is 17.2 Å². The first-order valence-corrected chi connectivity index (χ1v) is 8.47. The summed E-state index contributed by atoms with van der Waals surface area (Å²) in [4.78, 5) is 14.8. The zero-order valence-corrected chi connectivity index (χ0v) is 14.6. The largest absolute Gasteiger partial charge is 0.354 e. The van der Waals surface area contributed by atoms with Gasteiger partial charge in [-0.15, -0.1) is 0 Å². The second-order valence-corrected chi connectivity index (χ2v) is 5.86. The average Bonchev–Trinajstić information content (AvgIpc) is 2.57. The SMILES string of the molecule is CCCCN(C)c1nc(Cl)nc(NCCCc2ccccc2)n1. The van der Waals surface area contributed by atoms with E-state index in [0.717, 1.165) is 38.8 Å². The summed E-state index contributed by atoms with van der Waals surface area (Å²) in [6, 6.07) is 10.4. The molecule has 0 unspecified atom stereocenters. The lowest BCUT2D eigenvalue weighted by Gasteiger charge is -2.17. The summed E-state index contributed by atoms with van der Waals surface area (Å²) in [5, 5.41) is 3.46. The van der Waals surface area contributed by atoms with Crippen molar-refractivity contribution in [1.29, 1.82) is 0 Å². The van der Waals surface area contributed by atoms with Crippen molar-refractivity contribution in [2.24, 2.45) is 0 Å². The highest BCUT2D eigenvalue weighted by atomic mass is 35.5. The molecule has 0 radical (unpaired) electrons. The summed E-state index contributed by atoms with van der Waals surface area (Å²) in [5.74, 6) is 1.15. The molecule has 1 heterocycles. The maximum atomic E-state index is 6.01. The first-order valence-electron chi connectivity index (χ1n) is 8.09. The number of nitrogens with one attached hydrogen (secondary N) is 1. The van der Waals surface area contributed by atoms with E-state index in [9.17, 15) is 0 Å². The van der Waals surface area contributed by atoms with Crippen molar-refractivity contribution in [2.45, 2.75) is 32.6 Å². The number of halogens is 1. The fourth-order valence-corrected chi connectivity index (χ4v) is 2.38. The Hall–Kier alpha value is -1.88. The number of anilines is 2. The van der Waals surface area contributed by atoms with Gasteiger partial charge in [0.05, 0.1) is 0 Å². The van der Waals surface area contributed by atoms with E-state index in [4.69, 9.17) is 11.6 Å². The average molecular weight is 334 g/mol. The normalized spacial score (nSPS) is 10.6. The third-order valence-corrected chi connectivity index (χ3v) is 3.72. The predicted molar refractivity (Wildman–Crippen MR) is 96.3 cm³/mol. The minimum Gasteiger partial charge on any atom is -0.354 e. The van der Waals surface area contributed by atoms with Gasteiger partial charge in [0.1, 0.15) is 0 Å². The second-order valence-electron chi connectivity index (χ2n) is 5.52. The summed E-state index contributed by atoms with van der Waals surface area (Å²) in [5.41, 5.74) is 1.34. The third-order valence-electron chi connectivity index (χ3n) is 3.55. The van der Waals surface area contributed by atoms with Crippen LogP contribution in [0.3, 0.4) is 0 Å². The summed E-state index contributed by atoms with van der Waals surface area (Å²) >= 11 is 6.01. The van der Waals surface area contributed by atoms with E-state index < -0.39 is 0 Å². The summed E-state index contributed by atoms with van der Waals surface area (Å²) in [6.45, 7) is 3.87. The zero-order chi connectivity index (χ0) is 16.5. The molecule has 23 heavy (non-hydrogen) atoms. The Morgan fingerprint density at radius 1 is 1.09 bits per heavy atom. The molecule has 0 aliphatic carbocycles. The van der Waals surface area contributed by atoms with Crippen molar-refractivity contribution < 1.29 is 0 Å². The van der Waals surface area contributed by atoms with E-state index in [1.807, 2.05) is 18.0 Å². The molecule has 0 saturated heterocycles. The Bertz CT molecular complexity index is 591. The molecule has 0 saturated carbocycles. The van der Waals surface area contributed by atoms with Crippen LogP contribution in [0.5, 0.6) is 0 Å². The van der Waals surface area contributed by atoms with Crippen LogP contribution >= 0.6 is 11.6 Å². The first-order chi connectivity index (χ1) is 11.2. The molecule has 1 N–H and O–H groups in total. The van der Waals surface area contributed by atoms with E-state index in [2.05, 4.69) is 51.5 Å². The summed E-state index contributed by atoms with van der Waals surface area (Å²) < 4.78 is 0. The summed E-state index contributed by atoms with van der Waals surface area (Å²) in [7, 11) is 1.97. The number of unbranched alkanes of at least 4 members (excludes halogenated alkanes) is 1. The highest BCUT2D eigenvalue weighted by Gasteiger charge is 2.08. The zero-order valence-electron chi connectivity index (χ0n) is 13.8. The molecule has 2 rings (SSSR count). The Morgan fingerprint density at radius 2 is 1.87 bits per heavy atom. The Morgan fingerprint density at radius 3 is 2.61 bits per heavy atom. The van der Waals surface area contributed by atoms with Crippen LogP contribution in [0.1, 0.15) is 31.7 Å². The number of aryl methyl sites for hydroxylation is 1. The number of nitrogens with zero attached hydrogens (tertiary/aromatic N) is 4. The molecule has 0 amide bonds. The van der Waals surface area contributed by atoms with Crippen molar-refractivity contribution in [3.63, 3.8) is 0 Å². The lowest BCUT2D eigenvalue weighted by Crippen LogP contribution is -2.22. The van der Waals surface area contributed by atoms with E-state index in [0.29, 0.717) is 11.9 Å². The van der Waals surface area contributed by atoms with Crippen LogP contribution in [0.15, 0.2) is 30.3 Å². The molecule has 0 bridgehead atoms. The van der Waals surface area contributed by atoms with E-state index in [-0.39, 0.29) is 5.28 Å². The van der Waals surface area contributed by atoms with Gasteiger partial charge in [0, 0.05) is 20.1 Å². The van der Waals surface area contributed by atoms with Gasteiger partial charge in [-0.2, -0.15) is 15.0 Å². The van der Waals surface area contributed by atoms with Crippen LogP contribution in [0.25, 0.3) is 0 Å². The van der Waals surface area contributed by atoms with Crippen molar-refractivity contribution in [3.05, 3.63) is 41.2 Å². The van der Waals surface area contributed by atoms with E-state index >= 15 is 0 Å². The van der Waals surface area contributed by atoms with Gasteiger partial charge in [-0.3, -0.25) is 0 Å².